The van der Waals surface area contributed by atoms with E-state index in [0.29, 0.717) is 6.67 Å². The lowest BCUT2D eigenvalue weighted by molar-refractivity contribution is -0.152. The summed E-state index contributed by atoms with van der Waals surface area (Å²) in [4.78, 5) is 29.6. The summed E-state index contributed by atoms with van der Waals surface area (Å²) < 4.78 is 0. The average Bonchev–Trinajstić information content (AvgIpc) is 2.58. The van der Waals surface area contributed by atoms with Gasteiger partial charge in [0.1, 0.15) is 0 Å². The normalized spacial score (nSPS) is 17.8. The smallest absolute Gasteiger partial charge is 0.314 e. The summed E-state index contributed by atoms with van der Waals surface area (Å²) in [5, 5.41) is 0. The third kappa shape index (κ3) is 2.67. The second-order valence-corrected chi connectivity index (χ2v) is 6.55. The fourth-order valence-electron chi connectivity index (χ4n) is 2.82. The molecule has 5 heteroatoms. The number of nitrogens with zero attached hydrogens (tertiary/aromatic N) is 3. The maximum atomic E-state index is 12.4. The first-order valence-corrected chi connectivity index (χ1v) is 6.99. The van der Waals surface area contributed by atoms with E-state index in [2.05, 4.69) is 18.7 Å². The quantitative estimate of drug-likeness (QED) is 0.687. The van der Waals surface area contributed by atoms with E-state index in [9.17, 15) is 9.59 Å². The minimum absolute atomic E-state index is 0.284. The lowest BCUT2D eigenvalue weighted by Gasteiger charge is -2.32. The molecule has 1 rings (SSSR count). The van der Waals surface area contributed by atoms with E-state index in [1.165, 1.54) is 10.5 Å². The molecule has 114 valence electrons. The largest absolute Gasteiger partial charge is 0.353 e. The van der Waals surface area contributed by atoms with Gasteiger partial charge in [-0.15, -0.1) is 0 Å². The van der Waals surface area contributed by atoms with E-state index in [4.69, 9.17) is 0 Å². The van der Waals surface area contributed by atoms with Crippen molar-refractivity contribution < 1.29 is 9.59 Å². The van der Waals surface area contributed by atoms with Crippen LogP contribution in [0, 0.1) is 0 Å². The summed E-state index contributed by atoms with van der Waals surface area (Å²) in [7, 11) is 3.21. The van der Waals surface area contributed by atoms with Crippen LogP contribution in [0.1, 0.15) is 41.5 Å². The third-order valence-corrected chi connectivity index (χ3v) is 3.77. The molecule has 0 aromatic rings. The van der Waals surface area contributed by atoms with Crippen LogP contribution in [0.15, 0.2) is 11.3 Å². The van der Waals surface area contributed by atoms with Gasteiger partial charge in [0.15, 0.2) is 0 Å². The van der Waals surface area contributed by atoms with Crippen molar-refractivity contribution >= 4 is 11.8 Å². The minimum atomic E-state index is -0.475. The molecule has 0 aromatic carbocycles. The maximum Gasteiger partial charge on any atom is 0.314 e. The molecule has 0 radical (unpaired) electrons. The average molecular weight is 281 g/mol. The number of rotatable bonds is 1. The number of amides is 2. The van der Waals surface area contributed by atoms with Crippen LogP contribution in [0.3, 0.4) is 0 Å². The van der Waals surface area contributed by atoms with Crippen molar-refractivity contribution in [1.82, 2.24) is 14.7 Å². The Morgan fingerprint density at radius 3 is 2.00 bits per heavy atom. The molecule has 20 heavy (non-hydrogen) atoms. The highest BCUT2D eigenvalue weighted by molar-refractivity contribution is 6.35. The van der Waals surface area contributed by atoms with Gasteiger partial charge in [0.25, 0.3) is 0 Å². The van der Waals surface area contributed by atoms with Crippen molar-refractivity contribution in [3.8, 4) is 0 Å². The van der Waals surface area contributed by atoms with Crippen molar-refractivity contribution in [2.45, 2.75) is 53.1 Å². The summed E-state index contributed by atoms with van der Waals surface area (Å²) in [5.74, 6) is -0.918. The monoisotopic (exact) mass is 281 g/mol. The van der Waals surface area contributed by atoms with Gasteiger partial charge in [-0.25, -0.2) is 0 Å². The molecule has 1 aliphatic heterocycles. The first-order valence-electron chi connectivity index (χ1n) is 6.99. The SMILES string of the molecule is CC(C)=C1N(C(C)C)CN(C(=O)C(=O)N(C)C)C1(C)C. The fourth-order valence-corrected chi connectivity index (χ4v) is 2.82. The van der Waals surface area contributed by atoms with Crippen LogP contribution in [0.5, 0.6) is 0 Å². The molecule has 1 fully saturated rings. The lowest BCUT2D eigenvalue weighted by atomic mass is 9.95. The molecule has 0 aromatic heterocycles. The van der Waals surface area contributed by atoms with Crippen molar-refractivity contribution in [2.24, 2.45) is 0 Å². The van der Waals surface area contributed by atoms with Gasteiger partial charge in [-0.3, -0.25) is 9.59 Å². The van der Waals surface area contributed by atoms with Crippen LogP contribution in [0.2, 0.25) is 0 Å². The van der Waals surface area contributed by atoms with Gasteiger partial charge in [-0.1, -0.05) is 5.57 Å². The second-order valence-electron chi connectivity index (χ2n) is 6.55. The Morgan fingerprint density at radius 1 is 1.20 bits per heavy atom. The van der Waals surface area contributed by atoms with Crippen molar-refractivity contribution in [2.75, 3.05) is 20.8 Å². The molecule has 2 amide bonds. The van der Waals surface area contributed by atoms with Crippen molar-refractivity contribution in [1.29, 1.82) is 0 Å². The van der Waals surface area contributed by atoms with Crippen LogP contribution in [0.4, 0.5) is 0 Å². The molecular formula is C15H27N3O2. The van der Waals surface area contributed by atoms with E-state index < -0.39 is 17.4 Å². The maximum absolute atomic E-state index is 12.4. The minimum Gasteiger partial charge on any atom is -0.353 e. The van der Waals surface area contributed by atoms with E-state index in [1.807, 2.05) is 27.7 Å². The summed E-state index contributed by atoms with van der Waals surface area (Å²) >= 11 is 0. The third-order valence-electron chi connectivity index (χ3n) is 3.77. The molecule has 0 saturated carbocycles. The first kappa shape index (κ1) is 16.5. The van der Waals surface area contributed by atoms with Gasteiger partial charge < -0.3 is 14.7 Å². The number of hydrogen-bond donors (Lipinski definition) is 0. The van der Waals surface area contributed by atoms with Crippen LogP contribution >= 0.6 is 0 Å². The Balaban J connectivity index is 3.23. The number of likely N-dealkylation sites (N-methyl/N-ethyl adjacent to an activating group) is 1. The highest BCUT2D eigenvalue weighted by Crippen LogP contribution is 2.37. The summed E-state index contributed by atoms with van der Waals surface area (Å²) in [6, 6.07) is 0.284. The van der Waals surface area contributed by atoms with Gasteiger partial charge in [0, 0.05) is 25.8 Å². The highest BCUT2D eigenvalue weighted by atomic mass is 16.2. The molecule has 1 saturated heterocycles. The van der Waals surface area contributed by atoms with Crippen LogP contribution < -0.4 is 0 Å². The molecule has 1 aliphatic rings. The number of hydrogen-bond acceptors (Lipinski definition) is 3. The summed E-state index contributed by atoms with van der Waals surface area (Å²) in [6.07, 6.45) is 0. The van der Waals surface area contributed by atoms with Gasteiger partial charge in [0.2, 0.25) is 0 Å². The van der Waals surface area contributed by atoms with Gasteiger partial charge >= 0.3 is 11.8 Å². The van der Waals surface area contributed by atoms with Crippen LogP contribution in [-0.4, -0.2) is 58.9 Å². The zero-order valence-corrected chi connectivity index (χ0v) is 13.9. The zero-order valence-electron chi connectivity index (χ0n) is 13.9. The number of allylic oxidation sites excluding steroid dienone is 1. The Kier molecular flexibility index (Phi) is 4.52. The van der Waals surface area contributed by atoms with Crippen LogP contribution in [0.25, 0.3) is 0 Å². The Bertz CT molecular complexity index is 446. The van der Waals surface area contributed by atoms with E-state index in [1.54, 1.807) is 19.0 Å². The molecule has 0 atom stereocenters. The summed E-state index contributed by atoms with van der Waals surface area (Å²) in [6.45, 7) is 12.8. The standard InChI is InChI=1S/C15H27N3O2/c1-10(2)12-15(5,6)18(9-17(12)11(3)4)14(20)13(19)16(7)8/h11H,9H2,1-8H3. The molecule has 0 unspecified atom stereocenters. The molecular weight excluding hydrogens is 254 g/mol. The lowest BCUT2D eigenvalue weighted by Crippen LogP contribution is -2.49. The summed E-state index contributed by atoms with van der Waals surface area (Å²) in [5.41, 5.74) is 1.84. The van der Waals surface area contributed by atoms with Crippen molar-refractivity contribution in [3.63, 3.8) is 0 Å². The topological polar surface area (TPSA) is 43.9 Å². The molecule has 5 nitrogen and oxygen atoms in total. The molecule has 0 bridgehead atoms. The van der Waals surface area contributed by atoms with E-state index in [-0.39, 0.29) is 6.04 Å². The van der Waals surface area contributed by atoms with Gasteiger partial charge in [-0.05, 0) is 41.5 Å². The molecule has 0 N–H and O–H groups in total. The van der Waals surface area contributed by atoms with Crippen LogP contribution in [-0.2, 0) is 9.59 Å². The van der Waals surface area contributed by atoms with E-state index in [0.717, 1.165) is 5.70 Å². The van der Waals surface area contributed by atoms with E-state index >= 15 is 0 Å². The van der Waals surface area contributed by atoms with Crippen molar-refractivity contribution in [3.05, 3.63) is 11.3 Å². The molecule has 1 heterocycles. The number of carbonyl (C=O) groups is 2. The Labute approximate surface area is 122 Å². The molecule has 0 aliphatic carbocycles. The van der Waals surface area contributed by atoms with Gasteiger partial charge in [0.05, 0.1) is 12.2 Å². The fraction of sp³-hybridized carbons (Fsp3) is 0.733. The first-order chi connectivity index (χ1) is 9.01. The zero-order chi connectivity index (χ0) is 15.8. The highest BCUT2D eigenvalue weighted by Gasteiger charge is 2.47. The predicted octanol–water partition coefficient (Wildman–Crippen LogP) is 1.66. The van der Waals surface area contributed by atoms with Gasteiger partial charge in [-0.2, -0.15) is 0 Å². The second kappa shape index (κ2) is 5.46. The Morgan fingerprint density at radius 2 is 1.70 bits per heavy atom. The molecule has 0 spiro atoms. The Hall–Kier alpha value is -1.52. The predicted molar refractivity (Wildman–Crippen MR) is 79.8 cm³/mol. The number of carbonyl (C=O) groups excluding carboxylic acids is 2.